The molecule has 0 saturated heterocycles. The number of hydrogen-bond acceptors (Lipinski definition) is 3. The molecular weight excluding hydrogens is 242 g/mol. The van der Waals surface area contributed by atoms with Gasteiger partial charge in [-0.25, -0.2) is 0 Å². The first kappa shape index (κ1) is 13.1. The van der Waals surface area contributed by atoms with Crippen molar-refractivity contribution in [1.29, 1.82) is 0 Å². The van der Waals surface area contributed by atoms with Crippen LogP contribution in [0.4, 0.5) is 0 Å². The van der Waals surface area contributed by atoms with Crippen LogP contribution < -0.4 is 10.1 Å². The molecule has 19 heavy (non-hydrogen) atoms. The Hall–Kier alpha value is -2.30. The zero-order chi connectivity index (χ0) is 13.8. The number of H-pyrrole nitrogens is 1. The first-order valence-corrected chi connectivity index (χ1v) is 6.04. The lowest BCUT2D eigenvalue weighted by molar-refractivity contribution is 0.0950. The van der Waals surface area contributed by atoms with Crippen LogP contribution in [0.5, 0.6) is 5.75 Å². The Morgan fingerprint density at radius 3 is 2.53 bits per heavy atom. The van der Waals surface area contributed by atoms with E-state index in [9.17, 15) is 4.79 Å². The lowest BCUT2D eigenvalue weighted by Gasteiger charge is -2.06. The number of nitrogens with one attached hydrogen (secondary N) is 2. The number of carbonyl (C=O) groups excluding carboxylic acids is 1. The largest absolute Gasteiger partial charge is 0.497 e. The van der Waals surface area contributed by atoms with Gasteiger partial charge in [0.05, 0.1) is 18.4 Å². The fourth-order valence-corrected chi connectivity index (χ4v) is 1.90. The van der Waals surface area contributed by atoms with Crippen molar-refractivity contribution in [2.75, 3.05) is 7.11 Å². The Morgan fingerprint density at radius 1 is 1.32 bits per heavy atom. The highest BCUT2D eigenvalue weighted by molar-refractivity contribution is 5.96. The fourth-order valence-electron chi connectivity index (χ4n) is 1.90. The highest BCUT2D eigenvalue weighted by Crippen LogP contribution is 2.12. The minimum absolute atomic E-state index is 0.112. The SMILES string of the molecule is COc1ccc(CNC(=O)c2c(C)n[nH]c2C)cc1. The summed E-state index contributed by atoms with van der Waals surface area (Å²) < 4.78 is 5.09. The number of carbonyl (C=O) groups is 1. The first-order chi connectivity index (χ1) is 9.11. The van der Waals surface area contributed by atoms with Gasteiger partial charge < -0.3 is 10.1 Å². The number of benzene rings is 1. The fraction of sp³-hybridized carbons (Fsp3) is 0.286. The van der Waals surface area contributed by atoms with Crippen LogP contribution in [0, 0.1) is 13.8 Å². The van der Waals surface area contributed by atoms with E-state index >= 15 is 0 Å². The molecule has 1 heterocycles. The van der Waals surface area contributed by atoms with Crippen LogP contribution in [-0.4, -0.2) is 23.2 Å². The van der Waals surface area contributed by atoms with Gasteiger partial charge in [0.25, 0.3) is 5.91 Å². The van der Waals surface area contributed by atoms with Crippen molar-refractivity contribution >= 4 is 5.91 Å². The van der Waals surface area contributed by atoms with E-state index in [4.69, 9.17) is 4.74 Å². The number of aromatic amines is 1. The van der Waals surface area contributed by atoms with Gasteiger partial charge >= 0.3 is 0 Å². The van der Waals surface area contributed by atoms with E-state index < -0.39 is 0 Å². The van der Waals surface area contributed by atoms with Crippen molar-refractivity contribution in [2.24, 2.45) is 0 Å². The lowest BCUT2D eigenvalue weighted by atomic mass is 10.1. The Morgan fingerprint density at radius 2 is 2.00 bits per heavy atom. The molecule has 5 nitrogen and oxygen atoms in total. The average Bonchev–Trinajstić information content (AvgIpc) is 2.76. The van der Waals surface area contributed by atoms with Gasteiger partial charge in [0.1, 0.15) is 5.75 Å². The second-order valence-corrected chi connectivity index (χ2v) is 4.34. The van der Waals surface area contributed by atoms with E-state index in [2.05, 4.69) is 15.5 Å². The molecule has 2 N–H and O–H groups in total. The maximum atomic E-state index is 12.0. The summed E-state index contributed by atoms with van der Waals surface area (Å²) in [4.78, 5) is 12.0. The Balaban J connectivity index is 2.00. The maximum absolute atomic E-state index is 12.0. The molecule has 100 valence electrons. The van der Waals surface area contributed by atoms with E-state index in [0.717, 1.165) is 17.0 Å². The maximum Gasteiger partial charge on any atom is 0.255 e. The van der Waals surface area contributed by atoms with E-state index in [-0.39, 0.29) is 5.91 Å². The van der Waals surface area contributed by atoms with Crippen molar-refractivity contribution in [1.82, 2.24) is 15.5 Å². The summed E-state index contributed by atoms with van der Waals surface area (Å²) >= 11 is 0. The number of ether oxygens (including phenoxy) is 1. The second-order valence-electron chi connectivity index (χ2n) is 4.34. The minimum atomic E-state index is -0.112. The predicted molar refractivity (Wildman–Crippen MR) is 72.2 cm³/mol. The summed E-state index contributed by atoms with van der Waals surface area (Å²) in [6.45, 7) is 4.13. The summed E-state index contributed by atoms with van der Waals surface area (Å²) in [5, 5.41) is 9.70. The van der Waals surface area contributed by atoms with Crippen molar-refractivity contribution in [3.63, 3.8) is 0 Å². The van der Waals surface area contributed by atoms with Gasteiger partial charge in [-0.3, -0.25) is 9.89 Å². The molecule has 0 aliphatic carbocycles. The van der Waals surface area contributed by atoms with Crippen LogP contribution >= 0.6 is 0 Å². The topological polar surface area (TPSA) is 67.0 Å². The number of hydrogen-bond donors (Lipinski definition) is 2. The smallest absolute Gasteiger partial charge is 0.255 e. The summed E-state index contributed by atoms with van der Waals surface area (Å²) in [6, 6.07) is 7.59. The van der Waals surface area contributed by atoms with E-state index in [1.165, 1.54) is 0 Å². The van der Waals surface area contributed by atoms with Crippen LogP contribution in [0.15, 0.2) is 24.3 Å². The van der Waals surface area contributed by atoms with Gasteiger partial charge in [0.15, 0.2) is 0 Å². The molecule has 2 aromatic rings. The number of rotatable bonds is 4. The van der Waals surface area contributed by atoms with Crippen LogP contribution in [0.1, 0.15) is 27.3 Å². The molecule has 0 unspecified atom stereocenters. The molecule has 0 radical (unpaired) electrons. The Labute approximate surface area is 112 Å². The molecule has 0 aliphatic rings. The molecule has 0 aliphatic heterocycles. The van der Waals surface area contributed by atoms with E-state index in [0.29, 0.717) is 17.8 Å². The molecule has 1 aromatic carbocycles. The molecule has 1 amide bonds. The van der Waals surface area contributed by atoms with Crippen LogP contribution in [0.2, 0.25) is 0 Å². The molecule has 0 spiro atoms. The minimum Gasteiger partial charge on any atom is -0.497 e. The molecule has 5 heteroatoms. The van der Waals surface area contributed by atoms with Gasteiger partial charge in [-0.1, -0.05) is 12.1 Å². The van der Waals surface area contributed by atoms with E-state index in [1.807, 2.05) is 38.1 Å². The van der Waals surface area contributed by atoms with Gasteiger partial charge in [-0.2, -0.15) is 5.10 Å². The quantitative estimate of drug-likeness (QED) is 0.882. The Kier molecular flexibility index (Phi) is 3.85. The molecule has 0 bridgehead atoms. The number of methoxy groups -OCH3 is 1. The molecule has 0 atom stereocenters. The standard InChI is InChI=1S/C14H17N3O2/c1-9-13(10(2)17-16-9)14(18)15-8-11-4-6-12(19-3)7-5-11/h4-7H,8H2,1-3H3,(H,15,18)(H,16,17). The third-order valence-electron chi connectivity index (χ3n) is 2.97. The van der Waals surface area contributed by atoms with Crippen molar-refractivity contribution in [2.45, 2.75) is 20.4 Å². The van der Waals surface area contributed by atoms with Crippen LogP contribution in [-0.2, 0) is 6.54 Å². The third kappa shape index (κ3) is 2.93. The highest BCUT2D eigenvalue weighted by Gasteiger charge is 2.14. The van der Waals surface area contributed by atoms with Crippen molar-refractivity contribution < 1.29 is 9.53 Å². The number of nitrogens with zero attached hydrogens (tertiary/aromatic N) is 1. The molecule has 0 saturated carbocycles. The van der Waals surface area contributed by atoms with Crippen molar-refractivity contribution in [3.8, 4) is 5.75 Å². The first-order valence-electron chi connectivity index (χ1n) is 6.04. The summed E-state index contributed by atoms with van der Waals surface area (Å²) in [7, 11) is 1.63. The second kappa shape index (κ2) is 5.56. The average molecular weight is 259 g/mol. The zero-order valence-electron chi connectivity index (χ0n) is 11.3. The number of aromatic nitrogens is 2. The predicted octanol–water partition coefficient (Wildman–Crippen LogP) is 1.97. The highest BCUT2D eigenvalue weighted by atomic mass is 16.5. The van der Waals surface area contributed by atoms with Gasteiger partial charge in [-0.15, -0.1) is 0 Å². The summed E-state index contributed by atoms with van der Waals surface area (Å²) in [5.41, 5.74) is 3.14. The van der Waals surface area contributed by atoms with Crippen LogP contribution in [0.25, 0.3) is 0 Å². The molecular formula is C14H17N3O2. The zero-order valence-corrected chi connectivity index (χ0v) is 11.3. The van der Waals surface area contributed by atoms with Gasteiger partial charge in [0.2, 0.25) is 0 Å². The third-order valence-corrected chi connectivity index (χ3v) is 2.97. The van der Waals surface area contributed by atoms with Gasteiger partial charge in [-0.05, 0) is 31.5 Å². The summed E-state index contributed by atoms with van der Waals surface area (Å²) in [6.07, 6.45) is 0. The normalized spacial score (nSPS) is 10.3. The number of aryl methyl sites for hydroxylation is 2. The van der Waals surface area contributed by atoms with E-state index in [1.54, 1.807) is 7.11 Å². The number of amides is 1. The lowest BCUT2D eigenvalue weighted by Crippen LogP contribution is -2.23. The van der Waals surface area contributed by atoms with Gasteiger partial charge in [0, 0.05) is 12.2 Å². The monoisotopic (exact) mass is 259 g/mol. The Bertz CT molecular complexity index is 553. The molecule has 1 aromatic heterocycles. The molecule has 2 rings (SSSR count). The molecule has 0 fully saturated rings. The summed E-state index contributed by atoms with van der Waals surface area (Å²) in [5.74, 6) is 0.691. The van der Waals surface area contributed by atoms with Crippen molar-refractivity contribution in [3.05, 3.63) is 46.8 Å². The van der Waals surface area contributed by atoms with Crippen LogP contribution in [0.3, 0.4) is 0 Å².